The van der Waals surface area contributed by atoms with Crippen LogP contribution in [0.4, 0.5) is 0 Å². The molecule has 5 aliphatic carbocycles. The lowest BCUT2D eigenvalue weighted by molar-refractivity contribution is -0.169. The van der Waals surface area contributed by atoms with E-state index in [1.165, 1.54) is 44.1 Å². The van der Waals surface area contributed by atoms with Crippen molar-refractivity contribution in [3.8, 4) is 0 Å². The van der Waals surface area contributed by atoms with E-state index < -0.39 is 0 Å². The third-order valence-corrected chi connectivity index (χ3v) is 10.4. The zero-order valence-corrected chi connectivity index (χ0v) is 16.8. The fourth-order valence-corrected chi connectivity index (χ4v) is 8.90. The van der Waals surface area contributed by atoms with E-state index in [1.54, 1.807) is 0 Å². The van der Waals surface area contributed by atoms with E-state index in [0.29, 0.717) is 29.5 Å². The fourth-order valence-electron chi connectivity index (χ4n) is 8.90. The molecule has 6 aliphatic rings. The fraction of sp³-hybridized carbons (Fsp3) is 0.833. The van der Waals surface area contributed by atoms with Gasteiger partial charge in [0, 0.05) is 18.3 Å². The summed E-state index contributed by atoms with van der Waals surface area (Å²) in [6.45, 7) is 4.95. The van der Waals surface area contributed by atoms with Crippen LogP contribution in [0.3, 0.4) is 0 Å². The minimum Gasteiger partial charge on any atom is -0.458 e. The predicted octanol–water partition coefficient (Wildman–Crippen LogP) is 4.98. The lowest BCUT2D eigenvalue weighted by atomic mass is 9.44. The number of ether oxygens (including phenoxy) is 1. The standard InChI is InChI=1S/C24H32O3/c1-21-7-3-15(25)13-19(21)23(11-12-23)14-16-17(21)4-8-22(2)18(16)5-9-24(22)10-6-20(26)27-24/h13,16-18H,3-12,14H2,1-2H3. The number of ketones is 1. The van der Waals surface area contributed by atoms with Gasteiger partial charge >= 0.3 is 5.97 Å². The van der Waals surface area contributed by atoms with E-state index in [0.717, 1.165) is 31.6 Å². The topological polar surface area (TPSA) is 43.4 Å². The van der Waals surface area contributed by atoms with E-state index in [-0.39, 0.29) is 22.4 Å². The first-order valence-electron chi connectivity index (χ1n) is 11.3. The summed E-state index contributed by atoms with van der Waals surface area (Å²) in [6, 6.07) is 0. The van der Waals surface area contributed by atoms with Gasteiger partial charge in [-0.25, -0.2) is 0 Å². The van der Waals surface area contributed by atoms with Crippen LogP contribution in [-0.2, 0) is 14.3 Å². The van der Waals surface area contributed by atoms with Gasteiger partial charge in [-0.1, -0.05) is 19.4 Å². The van der Waals surface area contributed by atoms with E-state index in [1.807, 2.05) is 0 Å². The molecule has 1 heterocycles. The Kier molecular flexibility index (Phi) is 3.04. The molecule has 0 bridgehead atoms. The zero-order chi connectivity index (χ0) is 18.7. The lowest BCUT2D eigenvalue weighted by Gasteiger charge is -2.61. The molecule has 0 aromatic heterocycles. The first kappa shape index (κ1) is 16.8. The van der Waals surface area contributed by atoms with Crippen LogP contribution in [0.15, 0.2) is 11.6 Å². The number of carbonyl (C=O) groups excluding carboxylic acids is 2. The number of hydrogen-bond donors (Lipinski definition) is 0. The molecule has 3 nitrogen and oxygen atoms in total. The van der Waals surface area contributed by atoms with Crippen molar-refractivity contribution in [2.45, 2.75) is 90.1 Å². The first-order chi connectivity index (χ1) is 12.8. The minimum atomic E-state index is -0.171. The molecule has 1 aliphatic heterocycles. The van der Waals surface area contributed by atoms with E-state index >= 15 is 0 Å². The third kappa shape index (κ3) is 1.90. The smallest absolute Gasteiger partial charge is 0.306 e. The maximum absolute atomic E-state index is 12.2. The molecular formula is C24H32O3. The van der Waals surface area contributed by atoms with Crippen LogP contribution in [0.1, 0.15) is 84.5 Å². The second-order valence-electron chi connectivity index (χ2n) is 11.3. The Morgan fingerprint density at radius 3 is 2.41 bits per heavy atom. The number of rotatable bonds is 0. The molecule has 0 aromatic carbocycles. The van der Waals surface area contributed by atoms with Crippen molar-refractivity contribution in [3.63, 3.8) is 0 Å². The second kappa shape index (κ2) is 4.89. The molecule has 0 radical (unpaired) electrons. The molecule has 0 N–H and O–H groups in total. The van der Waals surface area contributed by atoms with Gasteiger partial charge in [-0.3, -0.25) is 9.59 Å². The summed E-state index contributed by atoms with van der Waals surface area (Å²) >= 11 is 0. The van der Waals surface area contributed by atoms with E-state index in [4.69, 9.17) is 4.74 Å². The number of fused-ring (bicyclic) bond motifs is 7. The molecule has 5 fully saturated rings. The van der Waals surface area contributed by atoms with Crippen molar-refractivity contribution in [3.05, 3.63) is 11.6 Å². The average molecular weight is 369 g/mol. The minimum absolute atomic E-state index is 0.0317. The molecule has 146 valence electrons. The van der Waals surface area contributed by atoms with Crippen molar-refractivity contribution in [1.82, 2.24) is 0 Å². The summed E-state index contributed by atoms with van der Waals surface area (Å²) in [5, 5.41) is 0. The van der Waals surface area contributed by atoms with Crippen LogP contribution in [0.5, 0.6) is 0 Å². The molecule has 4 saturated carbocycles. The number of esters is 1. The highest BCUT2D eigenvalue weighted by Crippen LogP contribution is 2.76. The lowest BCUT2D eigenvalue weighted by Crippen LogP contribution is -2.56. The Morgan fingerprint density at radius 2 is 1.70 bits per heavy atom. The SMILES string of the molecule is CC12CCC(=O)C=C1C1(CC1)CC1C2CCC2(C)C1CCC21CCC(=O)O1. The molecule has 6 unspecified atom stereocenters. The van der Waals surface area contributed by atoms with Crippen LogP contribution in [0.2, 0.25) is 0 Å². The van der Waals surface area contributed by atoms with E-state index in [2.05, 4.69) is 19.9 Å². The maximum atomic E-state index is 12.2. The van der Waals surface area contributed by atoms with Gasteiger partial charge in [0.25, 0.3) is 0 Å². The molecule has 6 rings (SSSR count). The number of carbonyl (C=O) groups is 2. The van der Waals surface area contributed by atoms with Gasteiger partial charge in [-0.2, -0.15) is 0 Å². The molecule has 27 heavy (non-hydrogen) atoms. The Hall–Kier alpha value is -1.12. The summed E-state index contributed by atoms with van der Waals surface area (Å²) in [7, 11) is 0. The van der Waals surface area contributed by atoms with Gasteiger partial charge in [-0.05, 0) is 92.4 Å². The quantitative estimate of drug-likeness (QED) is 0.566. The van der Waals surface area contributed by atoms with Crippen molar-refractivity contribution in [1.29, 1.82) is 0 Å². The normalized spacial score (nSPS) is 52.2. The van der Waals surface area contributed by atoms with Crippen LogP contribution >= 0.6 is 0 Å². The van der Waals surface area contributed by atoms with Crippen LogP contribution in [-0.4, -0.2) is 17.4 Å². The highest BCUT2D eigenvalue weighted by Gasteiger charge is 2.70. The molecule has 1 saturated heterocycles. The molecular weight excluding hydrogens is 336 g/mol. The summed E-state index contributed by atoms with van der Waals surface area (Å²) in [5.74, 6) is 2.55. The average Bonchev–Trinajstić information content (AvgIpc) is 3.19. The van der Waals surface area contributed by atoms with Gasteiger partial charge in [-0.15, -0.1) is 0 Å². The molecule has 0 aromatic rings. The van der Waals surface area contributed by atoms with Crippen molar-refractivity contribution in [2.75, 3.05) is 0 Å². The Balaban J connectivity index is 1.41. The Morgan fingerprint density at radius 1 is 0.926 bits per heavy atom. The maximum Gasteiger partial charge on any atom is 0.306 e. The highest BCUT2D eigenvalue weighted by atomic mass is 16.6. The monoisotopic (exact) mass is 368 g/mol. The Bertz CT molecular complexity index is 776. The summed E-state index contributed by atoms with van der Waals surface area (Å²) in [4.78, 5) is 24.3. The summed E-state index contributed by atoms with van der Waals surface area (Å²) < 4.78 is 6.08. The van der Waals surface area contributed by atoms with Crippen LogP contribution in [0, 0.1) is 34.0 Å². The van der Waals surface area contributed by atoms with Crippen molar-refractivity contribution < 1.29 is 14.3 Å². The van der Waals surface area contributed by atoms with Crippen LogP contribution < -0.4 is 0 Å². The summed E-state index contributed by atoms with van der Waals surface area (Å²) in [5.41, 5.74) is 2.11. The second-order valence-corrected chi connectivity index (χ2v) is 11.3. The Labute approximate surface area is 162 Å². The molecule has 3 heteroatoms. The largest absolute Gasteiger partial charge is 0.458 e. The highest BCUT2D eigenvalue weighted by molar-refractivity contribution is 5.92. The number of hydrogen-bond acceptors (Lipinski definition) is 3. The van der Waals surface area contributed by atoms with Gasteiger partial charge in [0.15, 0.2) is 5.78 Å². The van der Waals surface area contributed by atoms with Gasteiger partial charge in [0.05, 0.1) is 0 Å². The number of allylic oxidation sites excluding steroid dienone is 1. The molecule has 6 atom stereocenters. The van der Waals surface area contributed by atoms with Crippen molar-refractivity contribution >= 4 is 11.8 Å². The van der Waals surface area contributed by atoms with Gasteiger partial charge < -0.3 is 4.74 Å². The molecule has 0 amide bonds. The van der Waals surface area contributed by atoms with Crippen molar-refractivity contribution in [2.24, 2.45) is 34.0 Å². The third-order valence-electron chi connectivity index (χ3n) is 10.4. The summed E-state index contributed by atoms with van der Waals surface area (Å²) in [6.07, 6.45) is 14.0. The van der Waals surface area contributed by atoms with Gasteiger partial charge in [0.2, 0.25) is 0 Å². The van der Waals surface area contributed by atoms with Gasteiger partial charge in [0.1, 0.15) is 5.60 Å². The van der Waals surface area contributed by atoms with E-state index in [9.17, 15) is 9.59 Å². The van der Waals surface area contributed by atoms with Crippen LogP contribution in [0.25, 0.3) is 0 Å². The molecule has 2 spiro atoms. The first-order valence-corrected chi connectivity index (χ1v) is 11.3. The zero-order valence-electron chi connectivity index (χ0n) is 16.8. The predicted molar refractivity (Wildman–Crippen MR) is 102 cm³/mol.